The van der Waals surface area contributed by atoms with Crippen molar-refractivity contribution in [1.82, 2.24) is 5.32 Å². The van der Waals surface area contributed by atoms with Gasteiger partial charge in [0.2, 0.25) is 5.91 Å². The molecule has 0 aromatic rings. The number of hydrogen-bond acceptors (Lipinski definition) is 3. The fourth-order valence-electron chi connectivity index (χ4n) is 1.55. The minimum Gasteiger partial charge on any atom is -0.354 e. The van der Waals surface area contributed by atoms with Crippen molar-refractivity contribution in [2.45, 2.75) is 51.5 Å². The third kappa shape index (κ3) is 11.8. The van der Waals surface area contributed by atoms with E-state index in [1.165, 1.54) is 0 Å². The summed E-state index contributed by atoms with van der Waals surface area (Å²) in [6.07, 6.45) is 7.20. The standard InChI is InChI=1S/C12H26N2O2S/c1-11(8-10-17(2)16)14-12(15)7-5-3-4-6-9-13/h11H,3-10,13H2,1-2H3,(H,14,15). The molecule has 0 rings (SSSR count). The van der Waals surface area contributed by atoms with E-state index in [9.17, 15) is 9.00 Å². The summed E-state index contributed by atoms with van der Waals surface area (Å²) in [5, 5.41) is 2.93. The molecule has 0 bridgehead atoms. The van der Waals surface area contributed by atoms with Crippen LogP contribution >= 0.6 is 0 Å². The van der Waals surface area contributed by atoms with Crippen molar-refractivity contribution in [3.05, 3.63) is 0 Å². The molecule has 0 heterocycles. The minimum atomic E-state index is -0.773. The molecule has 0 saturated carbocycles. The van der Waals surface area contributed by atoms with Gasteiger partial charge in [0.25, 0.3) is 0 Å². The number of amides is 1. The van der Waals surface area contributed by atoms with Crippen LogP contribution in [0.4, 0.5) is 0 Å². The fourth-order valence-corrected chi connectivity index (χ4v) is 2.23. The average Bonchev–Trinajstić information content (AvgIpc) is 2.26. The van der Waals surface area contributed by atoms with E-state index < -0.39 is 10.8 Å². The molecule has 2 unspecified atom stereocenters. The number of hydrogen-bond donors (Lipinski definition) is 2. The van der Waals surface area contributed by atoms with Gasteiger partial charge in [-0.2, -0.15) is 0 Å². The molecule has 3 N–H and O–H groups in total. The second-order valence-electron chi connectivity index (χ2n) is 4.49. The highest BCUT2D eigenvalue weighted by atomic mass is 32.2. The molecular formula is C12H26N2O2S. The number of unbranched alkanes of at least 4 members (excludes halogenated alkanes) is 3. The van der Waals surface area contributed by atoms with Crippen molar-refractivity contribution in [3.8, 4) is 0 Å². The van der Waals surface area contributed by atoms with Crippen LogP contribution in [0.15, 0.2) is 0 Å². The van der Waals surface area contributed by atoms with E-state index in [0.29, 0.717) is 12.2 Å². The molecule has 0 aliphatic carbocycles. The Labute approximate surface area is 107 Å². The highest BCUT2D eigenvalue weighted by molar-refractivity contribution is 7.84. The maximum atomic E-state index is 11.5. The van der Waals surface area contributed by atoms with Crippen molar-refractivity contribution in [3.63, 3.8) is 0 Å². The highest BCUT2D eigenvalue weighted by Gasteiger charge is 2.07. The van der Waals surface area contributed by atoms with Crippen LogP contribution in [-0.2, 0) is 15.6 Å². The van der Waals surface area contributed by atoms with Crippen LogP contribution < -0.4 is 11.1 Å². The van der Waals surface area contributed by atoms with Gasteiger partial charge in [-0.15, -0.1) is 0 Å². The predicted octanol–water partition coefficient (Wildman–Crippen LogP) is 1.17. The minimum absolute atomic E-state index is 0.104. The Kier molecular flexibility index (Phi) is 10.5. The molecule has 0 aliphatic heterocycles. The summed E-state index contributed by atoms with van der Waals surface area (Å²) in [5.74, 6) is 0.755. The fraction of sp³-hybridized carbons (Fsp3) is 0.917. The molecule has 102 valence electrons. The third-order valence-electron chi connectivity index (χ3n) is 2.60. The molecule has 5 heteroatoms. The van der Waals surface area contributed by atoms with Gasteiger partial charge in [-0.25, -0.2) is 0 Å². The molecule has 0 radical (unpaired) electrons. The Hall–Kier alpha value is -0.420. The summed E-state index contributed by atoms with van der Waals surface area (Å²) in [6.45, 7) is 2.69. The van der Waals surface area contributed by atoms with E-state index in [4.69, 9.17) is 5.73 Å². The van der Waals surface area contributed by atoms with Gasteiger partial charge < -0.3 is 11.1 Å². The molecule has 0 saturated heterocycles. The molecule has 0 spiro atoms. The van der Waals surface area contributed by atoms with Crippen LogP contribution in [0.3, 0.4) is 0 Å². The van der Waals surface area contributed by atoms with Gasteiger partial charge in [0.15, 0.2) is 0 Å². The lowest BCUT2D eigenvalue weighted by Gasteiger charge is -2.12. The Morgan fingerprint density at radius 1 is 1.29 bits per heavy atom. The Balaban J connectivity index is 3.47. The van der Waals surface area contributed by atoms with Gasteiger partial charge in [-0.05, 0) is 32.7 Å². The summed E-state index contributed by atoms with van der Waals surface area (Å²) >= 11 is 0. The van der Waals surface area contributed by atoms with Gasteiger partial charge in [-0.1, -0.05) is 12.8 Å². The average molecular weight is 262 g/mol. The Bertz CT molecular complexity index is 235. The Morgan fingerprint density at radius 3 is 2.53 bits per heavy atom. The first kappa shape index (κ1) is 16.6. The first-order valence-corrected chi connectivity index (χ1v) is 8.08. The van der Waals surface area contributed by atoms with Crippen LogP contribution in [-0.4, -0.2) is 34.7 Å². The third-order valence-corrected chi connectivity index (χ3v) is 3.41. The largest absolute Gasteiger partial charge is 0.354 e. The highest BCUT2D eigenvalue weighted by Crippen LogP contribution is 2.02. The summed E-state index contributed by atoms with van der Waals surface area (Å²) in [5.41, 5.74) is 5.39. The molecule has 0 aromatic carbocycles. The van der Waals surface area contributed by atoms with Crippen molar-refractivity contribution < 1.29 is 9.00 Å². The summed E-state index contributed by atoms with van der Waals surface area (Å²) in [7, 11) is -0.773. The van der Waals surface area contributed by atoms with Gasteiger partial charge in [0.05, 0.1) is 0 Å². The predicted molar refractivity (Wildman–Crippen MR) is 73.3 cm³/mol. The topological polar surface area (TPSA) is 72.2 Å². The lowest BCUT2D eigenvalue weighted by atomic mass is 10.1. The van der Waals surface area contributed by atoms with Gasteiger partial charge in [-0.3, -0.25) is 9.00 Å². The van der Waals surface area contributed by atoms with Crippen molar-refractivity contribution >= 4 is 16.7 Å². The smallest absolute Gasteiger partial charge is 0.220 e. The first-order chi connectivity index (χ1) is 8.06. The van der Waals surface area contributed by atoms with E-state index in [2.05, 4.69) is 5.32 Å². The maximum absolute atomic E-state index is 11.5. The quantitative estimate of drug-likeness (QED) is 0.580. The molecule has 0 aromatic heterocycles. The monoisotopic (exact) mass is 262 g/mol. The lowest BCUT2D eigenvalue weighted by Crippen LogP contribution is -2.33. The lowest BCUT2D eigenvalue weighted by molar-refractivity contribution is -0.121. The number of carbonyl (C=O) groups is 1. The van der Waals surface area contributed by atoms with Crippen molar-refractivity contribution in [2.24, 2.45) is 5.73 Å². The molecule has 4 nitrogen and oxygen atoms in total. The van der Waals surface area contributed by atoms with Crippen LogP contribution in [0.1, 0.15) is 45.4 Å². The molecular weight excluding hydrogens is 236 g/mol. The van der Waals surface area contributed by atoms with Gasteiger partial charge in [0.1, 0.15) is 0 Å². The van der Waals surface area contributed by atoms with Crippen molar-refractivity contribution in [1.29, 1.82) is 0 Å². The van der Waals surface area contributed by atoms with E-state index in [0.717, 1.165) is 38.6 Å². The van der Waals surface area contributed by atoms with Crippen LogP contribution in [0.25, 0.3) is 0 Å². The number of nitrogens with one attached hydrogen (secondary N) is 1. The maximum Gasteiger partial charge on any atom is 0.220 e. The first-order valence-electron chi connectivity index (χ1n) is 6.35. The van der Waals surface area contributed by atoms with Crippen LogP contribution in [0, 0.1) is 0 Å². The van der Waals surface area contributed by atoms with Crippen LogP contribution in [0.2, 0.25) is 0 Å². The zero-order chi connectivity index (χ0) is 13.1. The number of carbonyl (C=O) groups excluding carboxylic acids is 1. The molecule has 0 fully saturated rings. The normalized spacial score (nSPS) is 14.3. The summed E-state index contributed by atoms with van der Waals surface area (Å²) < 4.78 is 10.9. The van der Waals surface area contributed by atoms with Crippen LogP contribution in [0.5, 0.6) is 0 Å². The summed E-state index contributed by atoms with van der Waals surface area (Å²) in [4.78, 5) is 11.5. The van der Waals surface area contributed by atoms with E-state index in [-0.39, 0.29) is 11.9 Å². The second kappa shape index (κ2) is 10.7. The zero-order valence-electron chi connectivity index (χ0n) is 11.0. The second-order valence-corrected chi connectivity index (χ2v) is 6.04. The van der Waals surface area contributed by atoms with Gasteiger partial charge >= 0.3 is 0 Å². The summed E-state index contributed by atoms with van der Waals surface area (Å²) in [6, 6.07) is 0.121. The molecule has 17 heavy (non-hydrogen) atoms. The zero-order valence-corrected chi connectivity index (χ0v) is 11.9. The Morgan fingerprint density at radius 2 is 1.94 bits per heavy atom. The SMILES string of the molecule is CC(CCS(C)=O)NC(=O)CCCCCCN. The van der Waals surface area contributed by atoms with Gasteiger partial charge in [0, 0.05) is 35.3 Å². The van der Waals surface area contributed by atoms with Crippen molar-refractivity contribution in [2.75, 3.05) is 18.6 Å². The molecule has 1 amide bonds. The molecule has 2 atom stereocenters. The van der Waals surface area contributed by atoms with E-state index in [1.807, 2.05) is 6.92 Å². The number of nitrogens with two attached hydrogens (primary N) is 1. The molecule has 0 aliphatic rings. The van der Waals surface area contributed by atoms with E-state index >= 15 is 0 Å². The number of rotatable bonds is 10. The van der Waals surface area contributed by atoms with E-state index in [1.54, 1.807) is 6.26 Å².